The van der Waals surface area contributed by atoms with Crippen LogP contribution < -0.4 is 11.5 Å². The van der Waals surface area contributed by atoms with E-state index >= 15 is 0 Å². The van der Waals surface area contributed by atoms with Gasteiger partial charge in [0.1, 0.15) is 23.6 Å². The number of halogens is 2. The zero-order valence-corrected chi connectivity index (χ0v) is 16.2. The topological polar surface area (TPSA) is 167 Å². The van der Waals surface area contributed by atoms with Gasteiger partial charge in [-0.1, -0.05) is 12.1 Å². The Bertz CT molecular complexity index is 777. The van der Waals surface area contributed by atoms with Gasteiger partial charge in [0.15, 0.2) is 0 Å². The van der Waals surface area contributed by atoms with Gasteiger partial charge in [-0.25, -0.2) is 0 Å². The summed E-state index contributed by atoms with van der Waals surface area (Å²) in [5, 5.41) is 38.1. The molecule has 0 spiro atoms. The maximum atomic E-state index is 10.9. The molecule has 2 atom stereocenters. The number of rotatable bonds is 7. The van der Waals surface area contributed by atoms with E-state index < -0.39 is 24.0 Å². The molecule has 0 saturated carbocycles. The Morgan fingerprint density at radius 1 is 0.750 bits per heavy atom. The minimum atomic E-state index is -1.15. The number of carboxylic acid groups (broad SMARTS) is 2. The van der Waals surface area contributed by atoms with Crippen LogP contribution in [-0.2, 0) is 22.4 Å². The molecule has 8 nitrogen and oxygen atoms in total. The molecule has 0 aliphatic carbocycles. The molecule has 0 radical (unpaired) electrons. The maximum Gasteiger partial charge on any atom is 0.320 e. The van der Waals surface area contributed by atoms with Gasteiger partial charge < -0.3 is 31.9 Å². The van der Waals surface area contributed by atoms with E-state index in [1.165, 1.54) is 24.3 Å². The summed E-state index contributed by atoms with van der Waals surface area (Å²) in [6.07, 6.45) is 0.0971. The Morgan fingerprint density at radius 3 is 1.36 bits per heavy atom. The summed E-state index contributed by atoms with van der Waals surface area (Å²) in [5.41, 5.74) is 12.8. The first-order valence-corrected chi connectivity index (χ1v) is 7.80. The summed E-state index contributed by atoms with van der Waals surface area (Å²) in [6.45, 7) is 0. The highest BCUT2D eigenvalue weighted by Gasteiger charge is 2.17. The van der Waals surface area contributed by atoms with E-state index in [2.05, 4.69) is 0 Å². The molecular formula is C18H22Cl2N2O6. The standard InChI is InChI=1S/C18H20N2O6.2ClH/c19-13(17(23)24)7-9-1-3-15(21)11(5-9)12-6-10(2-4-16(12)22)8-14(20)18(25)26;;/h1-6,13-14,21-22H,7-8,19-20H2,(H,23,24)(H,25,26);2*1H/t13-,14-;;/m0../s1. The molecule has 0 unspecified atom stereocenters. The van der Waals surface area contributed by atoms with Crippen LogP contribution >= 0.6 is 24.8 Å². The molecule has 0 saturated heterocycles. The molecule has 2 aromatic carbocycles. The van der Waals surface area contributed by atoms with Crippen LogP contribution in [0, 0.1) is 0 Å². The van der Waals surface area contributed by atoms with Gasteiger partial charge in [0, 0.05) is 11.1 Å². The molecule has 0 bridgehead atoms. The zero-order valence-electron chi connectivity index (χ0n) is 14.6. The van der Waals surface area contributed by atoms with E-state index in [9.17, 15) is 19.8 Å². The summed E-state index contributed by atoms with van der Waals surface area (Å²) in [5.74, 6) is -2.53. The van der Waals surface area contributed by atoms with Crippen molar-refractivity contribution in [3.8, 4) is 22.6 Å². The van der Waals surface area contributed by atoms with Gasteiger partial charge in [-0.3, -0.25) is 9.59 Å². The minimum Gasteiger partial charge on any atom is -0.507 e. The number of nitrogens with two attached hydrogens (primary N) is 2. The van der Waals surface area contributed by atoms with Gasteiger partial charge in [0.25, 0.3) is 0 Å². The van der Waals surface area contributed by atoms with E-state index in [0.29, 0.717) is 11.1 Å². The number of phenols is 2. The van der Waals surface area contributed by atoms with E-state index in [4.69, 9.17) is 21.7 Å². The van der Waals surface area contributed by atoms with E-state index in [0.717, 1.165) is 0 Å². The van der Waals surface area contributed by atoms with Crippen molar-refractivity contribution in [1.82, 2.24) is 0 Å². The van der Waals surface area contributed by atoms with Gasteiger partial charge in [-0.15, -0.1) is 24.8 Å². The van der Waals surface area contributed by atoms with Crippen LogP contribution in [0.1, 0.15) is 11.1 Å². The third-order valence-electron chi connectivity index (χ3n) is 3.96. The van der Waals surface area contributed by atoms with Crippen molar-refractivity contribution in [2.75, 3.05) is 0 Å². The van der Waals surface area contributed by atoms with E-state index in [1.54, 1.807) is 12.1 Å². The average Bonchev–Trinajstić information content (AvgIpc) is 2.58. The molecule has 0 aliphatic heterocycles. The Kier molecular flexibility index (Phi) is 9.76. The van der Waals surface area contributed by atoms with E-state index in [1.807, 2.05) is 0 Å². The van der Waals surface area contributed by atoms with Crippen molar-refractivity contribution in [3.05, 3.63) is 47.5 Å². The van der Waals surface area contributed by atoms with Crippen molar-refractivity contribution < 1.29 is 30.0 Å². The fourth-order valence-corrected chi connectivity index (χ4v) is 2.53. The molecule has 0 amide bonds. The highest BCUT2D eigenvalue weighted by Crippen LogP contribution is 2.37. The Balaban J connectivity index is 0.00000364. The fourth-order valence-electron chi connectivity index (χ4n) is 2.53. The lowest BCUT2D eigenvalue weighted by molar-refractivity contribution is -0.139. The molecule has 28 heavy (non-hydrogen) atoms. The highest BCUT2D eigenvalue weighted by atomic mass is 35.5. The zero-order chi connectivity index (χ0) is 19.4. The largest absolute Gasteiger partial charge is 0.507 e. The molecular weight excluding hydrogens is 411 g/mol. The molecule has 2 aromatic rings. The van der Waals surface area contributed by atoms with Gasteiger partial charge in [0.05, 0.1) is 0 Å². The van der Waals surface area contributed by atoms with Crippen molar-refractivity contribution in [2.45, 2.75) is 24.9 Å². The summed E-state index contributed by atoms with van der Waals surface area (Å²) >= 11 is 0. The van der Waals surface area contributed by atoms with Gasteiger partial charge in [0.2, 0.25) is 0 Å². The summed E-state index contributed by atoms with van der Waals surface area (Å²) in [4.78, 5) is 21.8. The molecule has 0 aromatic heterocycles. The van der Waals surface area contributed by atoms with Crippen LogP contribution in [0.2, 0.25) is 0 Å². The second-order valence-electron chi connectivity index (χ2n) is 6.00. The second-order valence-corrected chi connectivity index (χ2v) is 6.00. The molecule has 10 heteroatoms. The second kappa shape index (κ2) is 10.7. The van der Waals surface area contributed by atoms with Gasteiger partial charge in [-0.05, 0) is 48.2 Å². The first-order chi connectivity index (χ1) is 12.2. The molecule has 0 fully saturated rings. The number of carbonyl (C=O) groups is 2. The maximum absolute atomic E-state index is 10.9. The van der Waals surface area contributed by atoms with Crippen LogP contribution in [0.5, 0.6) is 11.5 Å². The van der Waals surface area contributed by atoms with Crippen LogP contribution in [0.25, 0.3) is 11.1 Å². The molecule has 2 rings (SSSR count). The van der Waals surface area contributed by atoms with Crippen LogP contribution in [0.3, 0.4) is 0 Å². The number of phenolic OH excluding ortho intramolecular Hbond substituents is 2. The predicted octanol–water partition coefficient (Wildman–Crippen LogP) is 1.52. The fraction of sp³-hybridized carbons (Fsp3) is 0.222. The SMILES string of the molecule is Cl.Cl.N[C@@H](Cc1ccc(O)c(-c2cc(C[C@H](N)C(=O)O)ccc2O)c1)C(=O)O. The number of hydrogen-bond donors (Lipinski definition) is 6. The first kappa shape index (κ1) is 25.5. The summed E-state index contributed by atoms with van der Waals surface area (Å²) in [7, 11) is 0. The number of hydrogen-bond acceptors (Lipinski definition) is 6. The highest BCUT2D eigenvalue weighted by molar-refractivity contribution is 5.85. The van der Waals surface area contributed by atoms with Gasteiger partial charge in [-0.2, -0.15) is 0 Å². The number of benzene rings is 2. The Hall–Kier alpha value is -2.52. The average molecular weight is 433 g/mol. The lowest BCUT2D eigenvalue weighted by Gasteiger charge is -2.13. The van der Waals surface area contributed by atoms with Crippen molar-refractivity contribution >= 4 is 36.8 Å². The lowest BCUT2D eigenvalue weighted by atomic mass is 9.95. The van der Waals surface area contributed by atoms with Crippen molar-refractivity contribution in [1.29, 1.82) is 0 Å². The molecule has 0 heterocycles. The van der Waals surface area contributed by atoms with E-state index in [-0.39, 0.29) is 60.3 Å². The Morgan fingerprint density at radius 2 is 1.07 bits per heavy atom. The molecule has 0 aliphatic rings. The summed E-state index contributed by atoms with van der Waals surface area (Å²) in [6, 6.07) is 6.73. The minimum absolute atomic E-state index is 0. The van der Waals surface area contributed by atoms with Crippen molar-refractivity contribution in [2.24, 2.45) is 11.5 Å². The third kappa shape index (κ3) is 6.28. The van der Waals surface area contributed by atoms with Gasteiger partial charge >= 0.3 is 11.9 Å². The number of aromatic hydroxyl groups is 2. The molecule has 8 N–H and O–H groups in total. The van der Waals surface area contributed by atoms with Crippen molar-refractivity contribution in [3.63, 3.8) is 0 Å². The smallest absolute Gasteiger partial charge is 0.320 e. The predicted molar refractivity (Wildman–Crippen MR) is 108 cm³/mol. The molecule has 154 valence electrons. The Labute approximate surface area is 173 Å². The monoisotopic (exact) mass is 432 g/mol. The normalized spacial score (nSPS) is 12.2. The summed E-state index contributed by atoms with van der Waals surface area (Å²) < 4.78 is 0. The lowest BCUT2D eigenvalue weighted by Crippen LogP contribution is -2.32. The number of aliphatic carboxylic acids is 2. The first-order valence-electron chi connectivity index (χ1n) is 7.80. The number of carboxylic acids is 2. The van der Waals surface area contributed by atoms with Crippen LogP contribution in [0.4, 0.5) is 0 Å². The third-order valence-corrected chi connectivity index (χ3v) is 3.96. The van der Waals surface area contributed by atoms with Crippen LogP contribution in [0.15, 0.2) is 36.4 Å². The van der Waals surface area contributed by atoms with Crippen LogP contribution in [-0.4, -0.2) is 44.4 Å². The quantitative estimate of drug-likeness (QED) is 0.382.